The summed E-state index contributed by atoms with van der Waals surface area (Å²) in [6.45, 7) is 3.77. The van der Waals surface area contributed by atoms with Gasteiger partial charge in [0.1, 0.15) is 11.9 Å². The lowest BCUT2D eigenvalue weighted by molar-refractivity contribution is -0.0796. The van der Waals surface area contributed by atoms with E-state index in [1.165, 1.54) is 0 Å². The Morgan fingerprint density at radius 2 is 2.22 bits per heavy atom. The van der Waals surface area contributed by atoms with Crippen LogP contribution in [0, 0.1) is 0 Å². The molecule has 1 aromatic carbocycles. The molecule has 5 heteroatoms. The first-order valence-electron chi connectivity index (χ1n) is 6.19. The maximum Gasteiger partial charge on any atom is 0.145 e. The zero-order valence-electron chi connectivity index (χ0n) is 10.0. The van der Waals surface area contributed by atoms with E-state index in [9.17, 15) is 0 Å². The highest BCUT2D eigenvalue weighted by Crippen LogP contribution is 2.30. The van der Waals surface area contributed by atoms with Crippen LogP contribution in [0.4, 0.5) is 0 Å². The summed E-state index contributed by atoms with van der Waals surface area (Å²) in [7, 11) is 0. The maximum atomic E-state index is 6.23. The number of hydrogen-bond donors (Lipinski definition) is 1. The van der Waals surface area contributed by atoms with Crippen molar-refractivity contribution in [3.63, 3.8) is 0 Å². The molecule has 2 aliphatic heterocycles. The Kier molecular flexibility index (Phi) is 3.70. The first kappa shape index (κ1) is 12.2. The fourth-order valence-electron chi connectivity index (χ4n) is 2.05. The van der Waals surface area contributed by atoms with Gasteiger partial charge in [-0.25, -0.2) is 0 Å². The van der Waals surface area contributed by atoms with Gasteiger partial charge in [-0.3, -0.25) is 0 Å². The van der Waals surface area contributed by atoms with Crippen LogP contribution >= 0.6 is 11.6 Å². The molecule has 3 rings (SSSR count). The third-order valence-electron chi connectivity index (χ3n) is 3.16. The van der Waals surface area contributed by atoms with Gasteiger partial charge in [-0.15, -0.1) is 0 Å². The van der Waals surface area contributed by atoms with Gasteiger partial charge in [-0.05, 0) is 17.7 Å². The van der Waals surface area contributed by atoms with E-state index in [1.807, 2.05) is 18.2 Å². The number of benzene rings is 1. The van der Waals surface area contributed by atoms with Crippen molar-refractivity contribution in [2.75, 3.05) is 32.9 Å². The quantitative estimate of drug-likeness (QED) is 0.908. The van der Waals surface area contributed by atoms with Crippen LogP contribution in [-0.4, -0.2) is 39.0 Å². The second-order valence-electron chi connectivity index (χ2n) is 4.53. The van der Waals surface area contributed by atoms with Gasteiger partial charge in [0, 0.05) is 13.1 Å². The van der Waals surface area contributed by atoms with Gasteiger partial charge in [-0.1, -0.05) is 17.7 Å². The normalized spacial score (nSPS) is 24.6. The van der Waals surface area contributed by atoms with Crippen molar-refractivity contribution in [1.82, 2.24) is 5.32 Å². The number of rotatable bonds is 3. The lowest BCUT2D eigenvalue weighted by atomic mass is 10.1. The van der Waals surface area contributed by atoms with Crippen LogP contribution in [0.25, 0.3) is 0 Å². The lowest BCUT2D eigenvalue weighted by Gasteiger charge is -2.28. The first-order chi connectivity index (χ1) is 8.83. The molecule has 0 radical (unpaired) electrons. The van der Waals surface area contributed by atoms with Gasteiger partial charge in [0.25, 0.3) is 0 Å². The summed E-state index contributed by atoms with van der Waals surface area (Å²) < 4.78 is 16.5. The largest absolute Gasteiger partial charge is 0.484 e. The minimum absolute atomic E-state index is 0.0809. The number of nitrogens with one attached hydrogen (secondary N) is 1. The van der Waals surface area contributed by atoms with E-state index < -0.39 is 0 Å². The topological polar surface area (TPSA) is 39.7 Å². The molecule has 2 fully saturated rings. The predicted octanol–water partition coefficient (Wildman–Crippen LogP) is 1.78. The molecule has 1 N–H and O–H groups in total. The van der Waals surface area contributed by atoms with Crippen molar-refractivity contribution in [3.05, 3.63) is 28.8 Å². The van der Waals surface area contributed by atoms with Crippen molar-refractivity contribution < 1.29 is 14.2 Å². The summed E-state index contributed by atoms with van der Waals surface area (Å²) in [5.74, 6) is 0.720. The Labute approximate surface area is 111 Å². The van der Waals surface area contributed by atoms with Crippen molar-refractivity contribution in [2.24, 2.45) is 0 Å². The second-order valence-corrected chi connectivity index (χ2v) is 4.94. The average molecular weight is 270 g/mol. The van der Waals surface area contributed by atoms with Gasteiger partial charge in [0.2, 0.25) is 0 Å². The highest BCUT2D eigenvalue weighted by molar-refractivity contribution is 6.32. The monoisotopic (exact) mass is 269 g/mol. The molecule has 0 amide bonds. The van der Waals surface area contributed by atoms with Crippen LogP contribution in [0.3, 0.4) is 0 Å². The van der Waals surface area contributed by atoms with E-state index in [1.54, 1.807) is 0 Å². The van der Waals surface area contributed by atoms with Crippen LogP contribution in [0.5, 0.6) is 5.75 Å². The minimum Gasteiger partial charge on any atom is -0.484 e. The molecular formula is C13H16ClNO3. The third-order valence-corrected chi connectivity index (χ3v) is 3.45. The summed E-state index contributed by atoms with van der Waals surface area (Å²) in [5.41, 5.74) is 1.09. The van der Waals surface area contributed by atoms with Gasteiger partial charge in [0.05, 0.1) is 30.9 Å². The number of hydrogen-bond acceptors (Lipinski definition) is 4. The van der Waals surface area contributed by atoms with Crippen LogP contribution in [0.15, 0.2) is 18.2 Å². The van der Waals surface area contributed by atoms with Crippen molar-refractivity contribution in [3.8, 4) is 5.75 Å². The molecular weight excluding hydrogens is 254 g/mol. The zero-order valence-corrected chi connectivity index (χ0v) is 10.8. The van der Waals surface area contributed by atoms with Crippen LogP contribution in [0.1, 0.15) is 11.7 Å². The molecule has 4 nitrogen and oxygen atoms in total. The predicted molar refractivity (Wildman–Crippen MR) is 68.2 cm³/mol. The van der Waals surface area contributed by atoms with Crippen molar-refractivity contribution >= 4 is 11.6 Å². The fraction of sp³-hybridized carbons (Fsp3) is 0.538. The van der Waals surface area contributed by atoms with Gasteiger partial charge >= 0.3 is 0 Å². The Morgan fingerprint density at radius 3 is 2.83 bits per heavy atom. The van der Waals surface area contributed by atoms with Crippen LogP contribution < -0.4 is 10.1 Å². The Hall–Kier alpha value is -0.810. The minimum atomic E-state index is 0.0809. The van der Waals surface area contributed by atoms with E-state index in [0.29, 0.717) is 18.2 Å². The molecule has 2 heterocycles. The summed E-state index contributed by atoms with van der Waals surface area (Å²) in [6, 6.07) is 5.85. The van der Waals surface area contributed by atoms with E-state index in [2.05, 4.69) is 5.32 Å². The third kappa shape index (κ3) is 2.62. The average Bonchev–Trinajstić information content (AvgIpc) is 2.36. The molecule has 1 unspecified atom stereocenters. The molecule has 0 aliphatic carbocycles. The number of ether oxygens (including phenoxy) is 3. The van der Waals surface area contributed by atoms with E-state index in [4.69, 9.17) is 25.8 Å². The van der Waals surface area contributed by atoms with E-state index >= 15 is 0 Å². The first-order valence-corrected chi connectivity index (χ1v) is 6.57. The number of halogens is 1. The summed E-state index contributed by atoms with van der Waals surface area (Å²) in [5, 5.41) is 3.93. The van der Waals surface area contributed by atoms with Crippen LogP contribution in [-0.2, 0) is 9.47 Å². The highest BCUT2D eigenvalue weighted by Gasteiger charge is 2.22. The van der Waals surface area contributed by atoms with Crippen molar-refractivity contribution in [1.29, 1.82) is 0 Å². The lowest BCUT2D eigenvalue weighted by Crippen LogP contribution is -2.38. The molecule has 2 aliphatic rings. The summed E-state index contributed by atoms with van der Waals surface area (Å²) in [4.78, 5) is 0. The molecule has 98 valence electrons. The second kappa shape index (κ2) is 5.45. The molecule has 18 heavy (non-hydrogen) atoms. The Balaban J connectivity index is 1.70. The number of morpholine rings is 1. The Bertz CT molecular complexity index is 417. The molecule has 1 aromatic rings. The molecule has 0 spiro atoms. The smallest absolute Gasteiger partial charge is 0.145 e. The molecule has 0 saturated carbocycles. The van der Waals surface area contributed by atoms with Gasteiger partial charge < -0.3 is 19.5 Å². The maximum absolute atomic E-state index is 6.23. The van der Waals surface area contributed by atoms with E-state index in [-0.39, 0.29) is 12.2 Å². The fourth-order valence-corrected chi connectivity index (χ4v) is 2.29. The Morgan fingerprint density at radius 1 is 1.33 bits per heavy atom. The zero-order chi connectivity index (χ0) is 12.4. The standard InChI is InChI=1S/C13H16ClNO3/c14-11-5-9(13-6-15-3-4-17-13)1-2-12(11)18-10-7-16-8-10/h1-2,5,10,13,15H,3-4,6-8H2. The summed E-state index contributed by atoms with van der Waals surface area (Å²) in [6.07, 6.45) is 0.221. The molecule has 0 aromatic heterocycles. The summed E-state index contributed by atoms with van der Waals surface area (Å²) >= 11 is 6.23. The molecule has 1 atom stereocenters. The molecule has 0 bridgehead atoms. The van der Waals surface area contributed by atoms with Crippen LogP contribution in [0.2, 0.25) is 5.02 Å². The van der Waals surface area contributed by atoms with Crippen molar-refractivity contribution in [2.45, 2.75) is 12.2 Å². The van der Waals surface area contributed by atoms with E-state index in [0.717, 1.165) is 31.0 Å². The van der Waals surface area contributed by atoms with Gasteiger partial charge in [0.15, 0.2) is 0 Å². The van der Waals surface area contributed by atoms with Gasteiger partial charge in [-0.2, -0.15) is 0 Å². The SMILES string of the molecule is Clc1cc(C2CNCCO2)ccc1OC1COC1. The highest BCUT2D eigenvalue weighted by atomic mass is 35.5. The molecule has 2 saturated heterocycles.